The Balaban J connectivity index is 1.84. The molecule has 226 valence electrons. The largest absolute Gasteiger partial charge is 0.480 e. The number of carboxylic acids is 1. The van der Waals surface area contributed by atoms with Gasteiger partial charge in [0.1, 0.15) is 17.9 Å². The Morgan fingerprint density at radius 2 is 1.60 bits per heavy atom. The molecular formula is C30H40BrN7O4. The van der Waals surface area contributed by atoms with Gasteiger partial charge in [0.2, 0.25) is 11.8 Å². The molecule has 10 N–H and O–H groups in total. The van der Waals surface area contributed by atoms with Crippen LogP contribution in [0.2, 0.25) is 0 Å². The number of amides is 2. The molecule has 0 radical (unpaired) electrons. The van der Waals surface area contributed by atoms with E-state index in [0.717, 1.165) is 47.7 Å². The molecule has 2 aromatic rings. The van der Waals surface area contributed by atoms with Crippen LogP contribution in [0, 0.1) is 11.3 Å². The lowest BCUT2D eigenvalue weighted by Gasteiger charge is -2.32. The van der Waals surface area contributed by atoms with Gasteiger partial charge in [0.05, 0.1) is 5.92 Å². The van der Waals surface area contributed by atoms with E-state index in [-0.39, 0.29) is 36.6 Å². The lowest BCUT2D eigenvalue weighted by atomic mass is 9.82. The Morgan fingerprint density at radius 3 is 2.17 bits per heavy atom. The molecule has 2 unspecified atom stereocenters. The molecule has 2 aromatic carbocycles. The Hall–Kier alpha value is -3.93. The molecule has 42 heavy (non-hydrogen) atoms. The molecule has 1 aliphatic rings. The van der Waals surface area contributed by atoms with Crippen molar-refractivity contribution in [3.05, 3.63) is 69.7 Å². The molecule has 0 saturated heterocycles. The summed E-state index contributed by atoms with van der Waals surface area (Å²) in [5.41, 5.74) is 18.5. The lowest BCUT2D eigenvalue weighted by molar-refractivity contribution is -0.142. The molecule has 0 bridgehead atoms. The van der Waals surface area contributed by atoms with Crippen LogP contribution in [0.25, 0.3) is 0 Å². The zero-order valence-electron chi connectivity index (χ0n) is 23.5. The summed E-state index contributed by atoms with van der Waals surface area (Å²) in [5.74, 6) is -2.84. The number of guanidine groups is 1. The van der Waals surface area contributed by atoms with E-state index >= 15 is 0 Å². The number of carboxylic acid groups (broad SMARTS) is 1. The SMILES string of the molecule is N=C(N)c1ccc(CC(C(=O)N[C@H](C(=O)NC(CCCN=C(N)N)C(=O)O)C2CCCCC2)c2ccc(Br)cc2)cc1. The number of aliphatic carboxylic acids is 1. The van der Waals surface area contributed by atoms with E-state index in [9.17, 15) is 19.5 Å². The second-order valence-electron chi connectivity index (χ2n) is 10.7. The number of nitrogens with two attached hydrogens (primary N) is 3. The van der Waals surface area contributed by atoms with Crippen molar-refractivity contribution in [2.75, 3.05) is 6.54 Å². The Bertz CT molecular complexity index is 1260. The smallest absolute Gasteiger partial charge is 0.326 e. The van der Waals surface area contributed by atoms with E-state index < -0.39 is 29.9 Å². The molecule has 3 atom stereocenters. The van der Waals surface area contributed by atoms with Crippen LogP contribution in [0.5, 0.6) is 0 Å². The number of hydrogen-bond acceptors (Lipinski definition) is 5. The molecule has 0 spiro atoms. The number of carbonyl (C=O) groups excluding carboxylic acids is 2. The fraction of sp³-hybridized carbons (Fsp3) is 0.433. The van der Waals surface area contributed by atoms with Gasteiger partial charge in [-0.15, -0.1) is 0 Å². The van der Waals surface area contributed by atoms with Crippen molar-refractivity contribution in [3.63, 3.8) is 0 Å². The normalized spacial score (nSPS) is 15.5. The van der Waals surface area contributed by atoms with Crippen molar-refractivity contribution in [2.45, 2.75) is 69.4 Å². The van der Waals surface area contributed by atoms with E-state index in [1.807, 2.05) is 36.4 Å². The summed E-state index contributed by atoms with van der Waals surface area (Å²) in [6.45, 7) is 0.243. The van der Waals surface area contributed by atoms with E-state index in [2.05, 4.69) is 31.6 Å². The van der Waals surface area contributed by atoms with Crippen molar-refractivity contribution in [1.29, 1.82) is 5.41 Å². The second kappa shape index (κ2) is 15.9. The fourth-order valence-corrected chi connectivity index (χ4v) is 5.52. The number of rotatable bonds is 14. The van der Waals surface area contributed by atoms with E-state index in [1.54, 1.807) is 12.1 Å². The van der Waals surface area contributed by atoms with Crippen LogP contribution in [-0.2, 0) is 20.8 Å². The van der Waals surface area contributed by atoms with Crippen LogP contribution >= 0.6 is 15.9 Å². The molecule has 0 aliphatic heterocycles. The van der Waals surface area contributed by atoms with Crippen LogP contribution in [0.4, 0.5) is 0 Å². The van der Waals surface area contributed by atoms with Gasteiger partial charge >= 0.3 is 5.97 Å². The molecule has 11 nitrogen and oxygen atoms in total. The molecule has 1 saturated carbocycles. The first-order chi connectivity index (χ1) is 20.0. The van der Waals surface area contributed by atoms with Gasteiger partial charge in [0.25, 0.3) is 0 Å². The molecule has 1 fully saturated rings. The third-order valence-electron chi connectivity index (χ3n) is 7.55. The molecule has 1 aliphatic carbocycles. The molecule has 2 amide bonds. The number of nitrogen functional groups attached to an aromatic ring is 1. The molecular weight excluding hydrogens is 602 g/mol. The average molecular weight is 643 g/mol. The zero-order valence-corrected chi connectivity index (χ0v) is 25.1. The van der Waals surface area contributed by atoms with Crippen molar-refractivity contribution in [3.8, 4) is 0 Å². The number of nitrogens with zero attached hydrogens (tertiary/aromatic N) is 1. The summed E-state index contributed by atoms with van der Waals surface area (Å²) < 4.78 is 0.871. The fourth-order valence-electron chi connectivity index (χ4n) is 5.25. The predicted octanol–water partition coefficient (Wildman–Crippen LogP) is 2.75. The van der Waals surface area contributed by atoms with Crippen LogP contribution in [0.1, 0.15) is 67.6 Å². The minimum atomic E-state index is -1.16. The van der Waals surface area contributed by atoms with Crippen LogP contribution in [0.3, 0.4) is 0 Å². The van der Waals surface area contributed by atoms with E-state index in [1.165, 1.54) is 0 Å². The second-order valence-corrected chi connectivity index (χ2v) is 11.6. The third-order valence-corrected chi connectivity index (χ3v) is 8.08. The quantitative estimate of drug-likeness (QED) is 0.0930. The summed E-state index contributed by atoms with van der Waals surface area (Å²) in [7, 11) is 0. The predicted molar refractivity (Wildman–Crippen MR) is 166 cm³/mol. The number of nitrogens with one attached hydrogen (secondary N) is 3. The van der Waals surface area contributed by atoms with Crippen LogP contribution in [0.15, 0.2) is 58.0 Å². The van der Waals surface area contributed by atoms with Gasteiger partial charge in [0, 0.05) is 16.6 Å². The highest BCUT2D eigenvalue weighted by molar-refractivity contribution is 9.10. The van der Waals surface area contributed by atoms with Crippen molar-refractivity contribution >= 4 is 45.5 Å². The molecule has 0 heterocycles. The number of carbonyl (C=O) groups is 3. The maximum absolute atomic E-state index is 13.9. The van der Waals surface area contributed by atoms with Crippen molar-refractivity contribution in [2.24, 2.45) is 28.1 Å². The minimum absolute atomic E-state index is 0.0407. The first kappa shape index (κ1) is 32.6. The highest BCUT2D eigenvalue weighted by atomic mass is 79.9. The van der Waals surface area contributed by atoms with E-state index in [0.29, 0.717) is 18.4 Å². The Morgan fingerprint density at radius 1 is 0.952 bits per heavy atom. The highest BCUT2D eigenvalue weighted by Gasteiger charge is 2.35. The van der Waals surface area contributed by atoms with E-state index in [4.69, 9.17) is 22.6 Å². The van der Waals surface area contributed by atoms with Gasteiger partial charge in [-0.25, -0.2) is 4.79 Å². The topological polar surface area (TPSA) is 210 Å². The van der Waals surface area contributed by atoms with Gasteiger partial charge < -0.3 is 32.9 Å². The molecule has 12 heteroatoms. The summed E-state index contributed by atoms with van der Waals surface area (Å²) in [6.07, 6.45) is 5.30. The first-order valence-corrected chi connectivity index (χ1v) is 14.9. The first-order valence-electron chi connectivity index (χ1n) is 14.1. The maximum Gasteiger partial charge on any atom is 0.326 e. The maximum atomic E-state index is 13.9. The van der Waals surface area contributed by atoms with Crippen LogP contribution in [-0.4, -0.2) is 53.3 Å². The lowest BCUT2D eigenvalue weighted by Crippen LogP contribution is -2.55. The van der Waals surface area contributed by atoms with Gasteiger partial charge in [-0.1, -0.05) is 71.6 Å². The summed E-state index contributed by atoms with van der Waals surface area (Å²) >= 11 is 3.44. The zero-order chi connectivity index (χ0) is 30.6. The van der Waals surface area contributed by atoms with Crippen molar-refractivity contribution in [1.82, 2.24) is 10.6 Å². The number of hydrogen-bond donors (Lipinski definition) is 7. The summed E-state index contributed by atoms with van der Waals surface area (Å²) in [4.78, 5) is 43.4. The summed E-state index contributed by atoms with van der Waals surface area (Å²) in [5, 5.41) is 23.1. The number of benzene rings is 2. The third kappa shape index (κ3) is 9.86. The minimum Gasteiger partial charge on any atom is -0.480 e. The van der Waals surface area contributed by atoms with Gasteiger partial charge in [0.15, 0.2) is 5.96 Å². The van der Waals surface area contributed by atoms with Gasteiger partial charge in [-0.3, -0.25) is 20.0 Å². The molecule has 3 rings (SSSR count). The average Bonchev–Trinajstić information content (AvgIpc) is 2.97. The number of amidine groups is 1. The highest BCUT2D eigenvalue weighted by Crippen LogP contribution is 2.29. The monoisotopic (exact) mass is 641 g/mol. The summed E-state index contributed by atoms with van der Waals surface area (Å²) in [6, 6.07) is 12.6. The Labute approximate surface area is 254 Å². The van der Waals surface area contributed by atoms with Crippen LogP contribution < -0.4 is 27.8 Å². The number of halogens is 1. The van der Waals surface area contributed by atoms with Gasteiger partial charge in [-0.2, -0.15) is 0 Å². The Kier molecular flexibility index (Phi) is 12.3. The van der Waals surface area contributed by atoms with Gasteiger partial charge in [-0.05, 0) is 61.3 Å². The molecule has 0 aromatic heterocycles. The number of aliphatic imine (C=N–C) groups is 1. The van der Waals surface area contributed by atoms with Crippen molar-refractivity contribution < 1.29 is 19.5 Å². The standard InChI is InChI=1S/C30H40BrN7O4/c31-22-14-12-19(13-15-22)23(17-18-8-10-21(11-9-18)26(32)33)27(39)38-25(20-5-2-1-3-6-20)28(40)37-24(29(41)42)7-4-16-36-30(34)35/h8-15,20,23-25H,1-7,16-17H2,(H3,32,33)(H,37,40)(H,38,39)(H,41,42)(H4,34,35,36)/t23?,24?,25-/m0/s1.